The largest absolute Gasteiger partial charge is 0.317 e. The van der Waals surface area contributed by atoms with Gasteiger partial charge in [-0.1, -0.05) is 18.5 Å². The third kappa shape index (κ3) is 3.16. The second-order valence-corrected chi connectivity index (χ2v) is 7.95. The predicted octanol–water partition coefficient (Wildman–Crippen LogP) is 4.88. The molecule has 3 aromatic heterocycles. The maximum atomic E-state index is 6.58. The number of aryl methyl sites for hydroxylation is 1. The first kappa shape index (κ1) is 17.6. The minimum absolute atomic E-state index is 0.396. The number of benzene rings is 1. The fraction of sp³-hybridized carbons (Fsp3) is 0.167. The van der Waals surface area contributed by atoms with Crippen molar-refractivity contribution >= 4 is 44.7 Å². The standard InChI is InChI=1S/C18H15BrClN5S/c1-2-13-16(25-9-11(19)5-8-14(25)22-13)15(21)18-23-17(24-26-18)10-3-6-12(20)7-4-10/h3-9,15H,2,21H2,1H3. The second-order valence-electron chi connectivity index (χ2n) is 5.81. The number of fused-ring (bicyclic) bond motifs is 1. The van der Waals surface area contributed by atoms with Crippen molar-refractivity contribution in [2.45, 2.75) is 19.4 Å². The monoisotopic (exact) mass is 447 g/mol. The van der Waals surface area contributed by atoms with Crippen LogP contribution in [0.4, 0.5) is 0 Å². The summed E-state index contributed by atoms with van der Waals surface area (Å²) in [5.74, 6) is 0.658. The minimum atomic E-state index is -0.396. The van der Waals surface area contributed by atoms with Gasteiger partial charge in [0.05, 0.1) is 11.4 Å². The van der Waals surface area contributed by atoms with E-state index in [4.69, 9.17) is 22.3 Å². The van der Waals surface area contributed by atoms with Crippen LogP contribution in [0.3, 0.4) is 0 Å². The lowest BCUT2D eigenvalue weighted by Gasteiger charge is -2.10. The molecule has 0 fully saturated rings. The molecule has 5 nitrogen and oxygen atoms in total. The molecule has 4 rings (SSSR count). The topological polar surface area (TPSA) is 69.1 Å². The highest BCUT2D eigenvalue weighted by Gasteiger charge is 2.23. The highest BCUT2D eigenvalue weighted by Crippen LogP contribution is 2.29. The number of hydrogen-bond acceptors (Lipinski definition) is 5. The number of aromatic nitrogens is 4. The van der Waals surface area contributed by atoms with Crippen LogP contribution >= 0.6 is 39.1 Å². The molecule has 132 valence electrons. The molecule has 0 saturated heterocycles. The Bertz CT molecular complexity index is 1070. The van der Waals surface area contributed by atoms with Gasteiger partial charge in [-0.2, -0.15) is 4.37 Å². The van der Waals surface area contributed by atoms with Crippen LogP contribution in [0.1, 0.15) is 29.4 Å². The summed E-state index contributed by atoms with van der Waals surface area (Å²) in [6.45, 7) is 2.08. The number of nitrogens with zero attached hydrogens (tertiary/aromatic N) is 4. The van der Waals surface area contributed by atoms with Crippen molar-refractivity contribution in [1.82, 2.24) is 18.7 Å². The average molecular weight is 449 g/mol. The van der Waals surface area contributed by atoms with Gasteiger partial charge in [0, 0.05) is 21.3 Å². The van der Waals surface area contributed by atoms with Crippen LogP contribution in [0, 0.1) is 0 Å². The number of hydrogen-bond donors (Lipinski definition) is 1. The highest BCUT2D eigenvalue weighted by atomic mass is 79.9. The zero-order chi connectivity index (χ0) is 18.3. The Labute approximate surface area is 168 Å². The van der Waals surface area contributed by atoms with E-state index >= 15 is 0 Å². The molecule has 4 aromatic rings. The molecule has 1 aromatic carbocycles. The van der Waals surface area contributed by atoms with E-state index in [9.17, 15) is 0 Å². The Morgan fingerprint density at radius 3 is 2.69 bits per heavy atom. The van der Waals surface area contributed by atoms with E-state index in [1.165, 1.54) is 11.5 Å². The summed E-state index contributed by atoms with van der Waals surface area (Å²) >= 11 is 10.8. The first-order valence-corrected chi connectivity index (χ1v) is 10.0. The van der Waals surface area contributed by atoms with Crippen LogP contribution < -0.4 is 5.73 Å². The average Bonchev–Trinajstić information content (AvgIpc) is 3.26. The lowest BCUT2D eigenvalue weighted by atomic mass is 10.1. The van der Waals surface area contributed by atoms with Crippen LogP contribution in [0.5, 0.6) is 0 Å². The van der Waals surface area contributed by atoms with Crippen molar-refractivity contribution in [2.75, 3.05) is 0 Å². The normalized spacial score (nSPS) is 12.6. The molecular weight excluding hydrogens is 434 g/mol. The number of imidazole rings is 1. The van der Waals surface area contributed by atoms with E-state index in [2.05, 4.69) is 32.2 Å². The van der Waals surface area contributed by atoms with Crippen molar-refractivity contribution in [2.24, 2.45) is 5.73 Å². The molecule has 3 heterocycles. The molecule has 26 heavy (non-hydrogen) atoms. The lowest BCUT2D eigenvalue weighted by molar-refractivity contribution is 0.786. The quantitative estimate of drug-likeness (QED) is 0.483. The van der Waals surface area contributed by atoms with Gasteiger partial charge in [0.2, 0.25) is 0 Å². The van der Waals surface area contributed by atoms with Crippen molar-refractivity contribution < 1.29 is 0 Å². The summed E-state index contributed by atoms with van der Waals surface area (Å²) in [7, 11) is 0. The fourth-order valence-corrected chi connectivity index (χ4v) is 4.01. The number of nitrogens with two attached hydrogens (primary N) is 1. The highest BCUT2D eigenvalue weighted by molar-refractivity contribution is 9.10. The molecule has 0 amide bonds. The van der Waals surface area contributed by atoms with Crippen LogP contribution in [0.2, 0.25) is 5.02 Å². The fourth-order valence-electron chi connectivity index (χ4n) is 2.87. The first-order chi connectivity index (χ1) is 12.6. The Balaban J connectivity index is 1.76. The third-order valence-electron chi connectivity index (χ3n) is 4.14. The van der Waals surface area contributed by atoms with Gasteiger partial charge in [-0.3, -0.25) is 0 Å². The van der Waals surface area contributed by atoms with Crippen molar-refractivity contribution in [3.05, 3.63) is 68.5 Å². The molecule has 0 spiro atoms. The van der Waals surface area contributed by atoms with Gasteiger partial charge in [0.1, 0.15) is 16.7 Å². The molecule has 8 heteroatoms. The zero-order valence-electron chi connectivity index (χ0n) is 13.9. The Kier molecular flexibility index (Phi) is 4.79. The molecule has 0 aliphatic carbocycles. The van der Waals surface area contributed by atoms with E-state index in [-0.39, 0.29) is 0 Å². The molecule has 1 unspecified atom stereocenters. The Morgan fingerprint density at radius 1 is 1.19 bits per heavy atom. The summed E-state index contributed by atoms with van der Waals surface area (Å²) in [4.78, 5) is 9.35. The molecule has 0 radical (unpaired) electrons. The molecule has 0 bridgehead atoms. The molecule has 0 aliphatic heterocycles. The zero-order valence-corrected chi connectivity index (χ0v) is 17.0. The van der Waals surface area contributed by atoms with Crippen LogP contribution in [-0.4, -0.2) is 18.7 Å². The van der Waals surface area contributed by atoms with E-state index < -0.39 is 6.04 Å². The van der Waals surface area contributed by atoms with E-state index in [1.54, 1.807) is 0 Å². The van der Waals surface area contributed by atoms with Gasteiger partial charge < -0.3 is 10.1 Å². The molecule has 2 N–H and O–H groups in total. The van der Waals surface area contributed by atoms with E-state index in [0.29, 0.717) is 10.8 Å². The van der Waals surface area contributed by atoms with Crippen molar-refractivity contribution in [3.8, 4) is 11.4 Å². The predicted molar refractivity (Wildman–Crippen MR) is 109 cm³/mol. The SMILES string of the molecule is CCc1nc2ccc(Br)cn2c1C(N)c1nc(-c2ccc(Cl)cc2)ns1. The van der Waals surface area contributed by atoms with Gasteiger partial charge in [0.25, 0.3) is 0 Å². The van der Waals surface area contributed by atoms with E-state index in [0.717, 1.165) is 38.5 Å². The Morgan fingerprint density at radius 2 is 1.96 bits per heavy atom. The summed E-state index contributed by atoms with van der Waals surface area (Å²) in [5.41, 5.74) is 10.3. The Hall–Kier alpha value is -1.80. The smallest absolute Gasteiger partial charge is 0.173 e. The number of halogens is 2. The second kappa shape index (κ2) is 7.08. The summed E-state index contributed by atoms with van der Waals surface area (Å²) in [6, 6.07) is 11.0. The van der Waals surface area contributed by atoms with Crippen LogP contribution in [-0.2, 0) is 6.42 Å². The van der Waals surface area contributed by atoms with Crippen LogP contribution in [0.15, 0.2) is 47.1 Å². The number of rotatable bonds is 4. The number of pyridine rings is 1. The molecule has 0 saturated carbocycles. The van der Waals surface area contributed by atoms with E-state index in [1.807, 2.05) is 47.0 Å². The van der Waals surface area contributed by atoms with Gasteiger partial charge >= 0.3 is 0 Å². The summed E-state index contributed by atoms with van der Waals surface area (Å²) < 4.78 is 7.46. The summed E-state index contributed by atoms with van der Waals surface area (Å²) in [5, 5.41) is 1.44. The lowest BCUT2D eigenvalue weighted by Crippen LogP contribution is -2.16. The molecule has 1 atom stereocenters. The maximum absolute atomic E-state index is 6.58. The first-order valence-electron chi connectivity index (χ1n) is 8.08. The summed E-state index contributed by atoms with van der Waals surface area (Å²) in [6.07, 6.45) is 2.78. The van der Waals surface area contributed by atoms with Gasteiger partial charge in [0.15, 0.2) is 5.82 Å². The van der Waals surface area contributed by atoms with Gasteiger partial charge in [-0.25, -0.2) is 9.97 Å². The molecule has 0 aliphatic rings. The van der Waals surface area contributed by atoms with Crippen molar-refractivity contribution in [1.29, 1.82) is 0 Å². The minimum Gasteiger partial charge on any atom is -0.317 e. The molecular formula is C18H15BrClN5S. The third-order valence-corrected chi connectivity index (χ3v) is 5.65. The van der Waals surface area contributed by atoms with Crippen molar-refractivity contribution in [3.63, 3.8) is 0 Å². The van der Waals surface area contributed by atoms with Crippen LogP contribution in [0.25, 0.3) is 17.0 Å². The maximum Gasteiger partial charge on any atom is 0.173 e. The van der Waals surface area contributed by atoms with Gasteiger partial charge in [-0.05, 0) is 70.3 Å². The van der Waals surface area contributed by atoms with Gasteiger partial charge in [-0.15, -0.1) is 0 Å².